The first-order valence-electron chi connectivity index (χ1n) is 2.90. The molecule has 2 saturated heterocycles. The largest absolute Gasteiger partial charge is 0.380 e. The molecule has 0 saturated carbocycles. The van der Waals surface area contributed by atoms with Crippen molar-refractivity contribution in [2.24, 2.45) is 5.41 Å². The van der Waals surface area contributed by atoms with Gasteiger partial charge in [0.1, 0.15) is 0 Å². The van der Waals surface area contributed by atoms with Gasteiger partial charge >= 0.3 is 0 Å². The van der Waals surface area contributed by atoms with Gasteiger partial charge < -0.3 is 4.74 Å². The fraction of sp³-hybridized carbons (Fsp3) is 1.00. The van der Waals surface area contributed by atoms with E-state index < -0.39 is 9.84 Å². The van der Waals surface area contributed by atoms with E-state index in [0.29, 0.717) is 24.7 Å². The minimum Gasteiger partial charge on any atom is -0.380 e. The third-order valence-corrected chi connectivity index (χ3v) is 3.97. The van der Waals surface area contributed by atoms with Crippen LogP contribution in [0.2, 0.25) is 0 Å². The van der Waals surface area contributed by atoms with E-state index in [2.05, 4.69) is 0 Å². The molecule has 2 heterocycles. The van der Waals surface area contributed by atoms with Gasteiger partial charge in [-0.1, -0.05) is 0 Å². The lowest BCUT2D eigenvalue weighted by Gasteiger charge is -2.47. The van der Waals surface area contributed by atoms with Gasteiger partial charge in [0.15, 0.2) is 9.84 Å². The van der Waals surface area contributed by atoms with E-state index in [1.807, 2.05) is 0 Å². The molecule has 52 valence electrons. The molecule has 0 amide bonds. The minimum atomic E-state index is -2.63. The first kappa shape index (κ1) is 5.68. The number of hydrogen-bond acceptors (Lipinski definition) is 3. The number of hydrogen-bond donors (Lipinski definition) is 0. The molecule has 0 aromatic heterocycles. The predicted molar refractivity (Wildman–Crippen MR) is 31.9 cm³/mol. The Morgan fingerprint density at radius 2 is 1.78 bits per heavy atom. The van der Waals surface area contributed by atoms with Crippen LogP contribution < -0.4 is 0 Å². The molecule has 0 aromatic rings. The molecular formula is C5H8O3S. The van der Waals surface area contributed by atoms with E-state index >= 15 is 0 Å². The summed E-state index contributed by atoms with van der Waals surface area (Å²) in [7, 11) is -2.63. The molecule has 0 atom stereocenters. The second-order valence-corrected chi connectivity index (χ2v) is 5.09. The molecular weight excluding hydrogens is 140 g/mol. The van der Waals surface area contributed by atoms with Crippen LogP contribution in [0.25, 0.3) is 0 Å². The van der Waals surface area contributed by atoms with Gasteiger partial charge in [0.25, 0.3) is 0 Å². The molecule has 0 aromatic carbocycles. The summed E-state index contributed by atoms with van der Waals surface area (Å²) in [6, 6.07) is 0. The average Bonchev–Trinajstić information content (AvgIpc) is 1.54. The summed E-state index contributed by atoms with van der Waals surface area (Å²) in [4.78, 5) is 0. The van der Waals surface area contributed by atoms with Crippen LogP contribution in [0.15, 0.2) is 0 Å². The highest BCUT2D eigenvalue weighted by Gasteiger charge is 2.53. The van der Waals surface area contributed by atoms with Gasteiger partial charge in [-0.05, 0) is 0 Å². The molecule has 0 radical (unpaired) electrons. The van der Waals surface area contributed by atoms with E-state index in [-0.39, 0.29) is 5.41 Å². The van der Waals surface area contributed by atoms with E-state index in [1.165, 1.54) is 0 Å². The fourth-order valence-corrected chi connectivity index (χ4v) is 3.56. The summed E-state index contributed by atoms with van der Waals surface area (Å²) in [5.41, 5.74) is 0.0683. The van der Waals surface area contributed by atoms with Crippen LogP contribution in [0.3, 0.4) is 0 Å². The first-order valence-corrected chi connectivity index (χ1v) is 4.72. The van der Waals surface area contributed by atoms with E-state index in [9.17, 15) is 8.42 Å². The van der Waals surface area contributed by atoms with Crippen LogP contribution >= 0.6 is 0 Å². The first-order chi connectivity index (χ1) is 4.12. The Bertz CT molecular complexity index is 211. The highest BCUT2D eigenvalue weighted by Crippen LogP contribution is 2.39. The van der Waals surface area contributed by atoms with Gasteiger partial charge in [-0.25, -0.2) is 8.42 Å². The zero-order valence-corrected chi connectivity index (χ0v) is 5.78. The summed E-state index contributed by atoms with van der Waals surface area (Å²) in [6.45, 7) is 1.32. The van der Waals surface area contributed by atoms with Gasteiger partial charge in [-0.15, -0.1) is 0 Å². The van der Waals surface area contributed by atoms with Crippen molar-refractivity contribution in [3.8, 4) is 0 Å². The molecule has 2 rings (SSSR count). The summed E-state index contributed by atoms with van der Waals surface area (Å²) in [5.74, 6) is 0.722. The Morgan fingerprint density at radius 1 is 1.22 bits per heavy atom. The van der Waals surface area contributed by atoms with Crippen molar-refractivity contribution in [3.05, 3.63) is 0 Å². The van der Waals surface area contributed by atoms with Gasteiger partial charge in [0, 0.05) is 5.41 Å². The zero-order chi connectivity index (χ0) is 6.54. The summed E-state index contributed by atoms with van der Waals surface area (Å²) < 4.78 is 26.2. The van der Waals surface area contributed by atoms with E-state index in [4.69, 9.17) is 4.74 Å². The van der Waals surface area contributed by atoms with Crippen LogP contribution in [0.1, 0.15) is 0 Å². The minimum absolute atomic E-state index is 0.0683. The SMILES string of the molecule is O=S1(=O)CC2(COC2)C1. The quantitative estimate of drug-likeness (QED) is 0.462. The Balaban J connectivity index is 2.12. The van der Waals surface area contributed by atoms with Crippen molar-refractivity contribution in [2.75, 3.05) is 24.7 Å². The standard InChI is InChI=1S/C5H8O3S/c6-9(7)3-5(4-9)1-8-2-5/h1-4H2. The normalized spacial score (nSPS) is 35.1. The lowest BCUT2D eigenvalue weighted by Crippen LogP contribution is -2.60. The van der Waals surface area contributed by atoms with Gasteiger partial charge in [-0.2, -0.15) is 0 Å². The summed E-state index contributed by atoms with van der Waals surface area (Å²) in [5, 5.41) is 0. The predicted octanol–water partition coefficient (Wildman–Crippen LogP) is -0.569. The van der Waals surface area contributed by atoms with Crippen molar-refractivity contribution >= 4 is 9.84 Å². The number of ether oxygens (including phenoxy) is 1. The van der Waals surface area contributed by atoms with Crippen molar-refractivity contribution in [2.45, 2.75) is 0 Å². The van der Waals surface area contributed by atoms with Crippen molar-refractivity contribution in [1.82, 2.24) is 0 Å². The molecule has 0 unspecified atom stereocenters. The van der Waals surface area contributed by atoms with Gasteiger partial charge in [-0.3, -0.25) is 0 Å². The molecule has 2 fully saturated rings. The van der Waals surface area contributed by atoms with Crippen LogP contribution in [0, 0.1) is 5.41 Å². The molecule has 2 aliphatic rings. The highest BCUT2D eigenvalue weighted by atomic mass is 32.2. The van der Waals surface area contributed by atoms with Gasteiger partial charge in [0.05, 0.1) is 24.7 Å². The molecule has 0 bridgehead atoms. The van der Waals surface area contributed by atoms with Crippen molar-refractivity contribution < 1.29 is 13.2 Å². The maximum Gasteiger partial charge on any atom is 0.151 e. The maximum atomic E-state index is 10.6. The van der Waals surface area contributed by atoms with Crippen molar-refractivity contribution in [1.29, 1.82) is 0 Å². The maximum absolute atomic E-state index is 10.6. The highest BCUT2D eigenvalue weighted by molar-refractivity contribution is 7.92. The molecule has 9 heavy (non-hydrogen) atoms. The molecule has 0 N–H and O–H groups in total. The second-order valence-electron chi connectivity index (χ2n) is 3.03. The Kier molecular flexibility index (Phi) is 0.833. The second kappa shape index (κ2) is 1.32. The Labute approximate surface area is 53.9 Å². The molecule has 1 spiro atoms. The van der Waals surface area contributed by atoms with Crippen LogP contribution in [-0.4, -0.2) is 33.1 Å². The molecule has 3 nitrogen and oxygen atoms in total. The summed E-state index contributed by atoms with van der Waals surface area (Å²) >= 11 is 0. The lowest BCUT2D eigenvalue weighted by atomic mass is 9.90. The average molecular weight is 148 g/mol. The van der Waals surface area contributed by atoms with E-state index in [1.54, 1.807) is 0 Å². The topological polar surface area (TPSA) is 43.4 Å². The van der Waals surface area contributed by atoms with Crippen LogP contribution in [-0.2, 0) is 14.6 Å². The lowest BCUT2D eigenvalue weighted by molar-refractivity contribution is -0.0932. The van der Waals surface area contributed by atoms with Gasteiger partial charge in [0.2, 0.25) is 0 Å². The van der Waals surface area contributed by atoms with Crippen LogP contribution in [0.5, 0.6) is 0 Å². The van der Waals surface area contributed by atoms with E-state index in [0.717, 1.165) is 0 Å². The molecule has 4 heteroatoms. The Hall–Kier alpha value is -0.0900. The number of rotatable bonds is 0. The zero-order valence-electron chi connectivity index (χ0n) is 4.96. The third-order valence-electron chi connectivity index (χ3n) is 1.87. The number of sulfone groups is 1. The van der Waals surface area contributed by atoms with Crippen LogP contribution in [0.4, 0.5) is 0 Å². The smallest absolute Gasteiger partial charge is 0.151 e. The molecule has 2 aliphatic heterocycles. The monoisotopic (exact) mass is 148 g/mol. The fourth-order valence-electron chi connectivity index (χ4n) is 1.45. The van der Waals surface area contributed by atoms with Crippen molar-refractivity contribution in [3.63, 3.8) is 0 Å². The summed E-state index contributed by atoms with van der Waals surface area (Å²) in [6.07, 6.45) is 0. The third kappa shape index (κ3) is 0.697. The Morgan fingerprint density at radius 3 is 1.89 bits per heavy atom. The molecule has 0 aliphatic carbocycles.